The number of carbonyl (C=O) groups is 2. The molecule has 0 aromatic carbocycles. The van der Waals surface area contributed by atoms with Gasteiger partial charge < -0.3 is 10.4 Å². The molecular formula is C12H12ClFN2O3. The Morgan fingerprint density at radius 3 is 2.63 bits per heavy atom. The maximum Gasteiger partial charge on any atom is 0.307 e. The Labute approximate surface area is 113 Å². The Kier molecular flexibility index (Phi) is 3.99. The van der Waals surface area contributed by atoms with Crippen molar-refractivity contribution in [2.24, 2.45) is 11.8 Å². The fourth-order valence-electron chi connectivity index (χ4n) is 2.21. The van der Waals surface area contributed by atoms with Crippen LogP contribution in [0.15, 0.2) is 18.3 Å². The monoisotopic (exact) mass is 286 g/mol. The van der Waals surface area contributed by atoms with Gasteiger partial charge in [0, 0.05) is 6.20 Å². The Hall–Kier alpha value is -1.69. The summed E-state index contributed by atoms with van der Waals surface area (Å²) in [6.07, 6.45) is -0.0916. The molecule has 2 N–H and O–H groups in total. The van der Waals surface area contributed by atoms with Crippen LogP contribution in [0.3, 0.4) is 0 Å². The van der Waals surface area contributed by atoms with Crippen molar-refractivity contribution >= 4 is 29.3 Å². The first-order valence-electron chi connectivity index (χ1n) is 5.76. The number of carbonyl (C=O) groups excluding carboxylic acids is 1. The molecule has 0 unspecified atom stereocenters. The molecule has 1 amide bonds. The van der Waals surface area contributed by atoms with Gasteiger partial charge in [-0.15, -0.1) is 0 Å². The van der Waals surface area contributed by atoms with Crippen LogP contribution in [0.5, 0.6) is 0 Å². The Bertz CT molecular complexity index is 494. The maximum absolute atomic E-state index is 13.3. The van der Waals surface area contributed by atoms with Crippen LogP contribution in [0.4, 0.5) is 10.2 Å². The minimum Gasteiger partial charge on any atom is -0.481 e. The molecule has 1 heterocycles. The molecule has 1 aliphatic rings. The highest BCUT2D eigenvalue weighted by Gasteiger charge is 2.43. The molecular weight excluding hydrogens is 275 g/mol. The van der Waals surface area contributed by atoms with Crippen LogP contribution in [0.25, 0.3) is 0 Å². The first-order valence-corrected chi connectivity index (χ1v) is 6.14. The zero-order chi connectivity index (χ0) is 14.0. The van der Waals surface area contributed by atoms with Crippen LogP contribution >= 0.6 is 11.6 Å². The second-order valence-electron chi connectivity index (χ2n) is 4.47. The van der Waals surface area contributed by atoms with Crippen molar-refractivity contribution < 1.29 is 19.1 Å². The van der Waals surface area contributed by atoms with Crippen LogP contribution in [-0.2, 0) is 9.59 Å². The summed E-state index contributed by atoms with van der Waals surface area (Å²) in [6.45, 7) is 0. The van der Waals surface area contributed by atoms with Gasteiger partial charge in [-0.3, -0.25) is 9.59 Å². The number of alkyl halides is 1. The molecule has 1 aromatic heterocycles. The van der Waals surface area contributed by atoms with Crippen molar-refractivity contribution in [1.82, 2.24) is 4.98 Å². The Morgan fingerprint density at radius 1 is 1.37 bits per heavy atom. The highest BCUT2D eigenvalue weighted by atomic mass is 35.5. The zero-order valence-electron chi connectivity index (χ0n) is 9.85. The predicted molar refractivity (Wildman–Crippen MR) is 66.6 cm³/mol. The first kappa shape index (κ1) is 13.7. The number of rotatable bonds is 3. The first-order chi connectivity index (χ1) is 8.97. The standard InChI is InChI=1S/C12H12ClFN2O3/c13-6-1-2-10(15-5-6)16-11(17)8-3-7(14)4-9(8)12(18)19/h1-2,5,7-9H,3-4H2,(H,18,19)(H,15,16,17)/t7-,8+,9+/m1/s1. The highest BCUT2D eigenvalue weighted by Crippen LogP contribution is 2.35. The second kappa shape index (κ2) is 5.52. The summed E-state index contributed by atoms with van der Waals surface area (Å²) in [5, 5.41) is 11.9. The van der Waals surface area contributed by atoms with E-state index in [1.807, 2.05) is 0 Å². The molecule has 0 saturated heterocycles. The van der Waals surface area contributed by atoms with E-state index in [0.717, 1.165) is 0 Å². The number of carboxylic acids is 1. The normalized spacial score (nSPS) is 26.1. The lowest BCUT2D eigenvalue weighted by Crippen LogP contribution is -2.30. The summed E-state index contributed by atoms with van der Waals surface area (Å²) in [5.41, 5.74) is 0. The van der Waals surface area contributed by atoms with Crippen LogP contribution in [0.2, 0.25) is 5.02 Å². The summed E-state index contributed by atoms with van der Waals surface area (Å²) in [5.74, 6) is -3.26. The minimum absolute atomic E-state index is 0.0730. The summed E-state index contributed by atoms with van der Waals surface area (Å²) < 4.78 is 13.3. The van der Waals surface area contributed by atoms with E-state index in [-0.39, 0.29) is 18.7 Å². The number of amides is 1. The molecule has 1 saturated carbocycles. The number of hydrogen-bond acceptors (Lipinski definition) is 3. The van der Waals surface area contributed by atoms with E-state index in [2.05, 4.69) is 10.3 Å². The number of pyridine rings is 1. The minimum atomic E-state index is -1.25. The molecule has 5 nitrogen and oxygen atoms in total. The van der Waals surface area contributed by atoms with Gasteiger partial charge in [0.2, 0.25) is 5.91 Å². The fraction of sp³-hybridized carbons (Fsp3) is 0.417. The number of aliphatic carboxylic acids is 1. The Morgan fingerprint density at radius 2 is 2.05 bits per heavy atom. The van der Waals surface area contributed by atoms with E-state index >= 15 is 0 Å². The van der Waals surface area contributed by atoms with Crippen molar-refractivity contribution in [2.45, 2.75) is 19.0 Å². The van der Waals surface area contributed by atoms with Gasteiger partial charge in [-0.2, -0.15) is 0 Å². The quantitative estimate of drug-likeness (QED) is 0.892. The molecule has 7 heteroatoms. The van der Waals surface area contributed by atoms with E-state index in [0.29, 0.717) is 5.02 Å². The third kappa shape index (κ3) is 3.20. The number of aromatic nitrogens is 1. The van der Waals surface area contributed by atoms with Crippen LogP contribution < -0.4 is 5.32 Å². The molecule has 1 fully saturated rings. The molecule has 1 aliphatic carbocycles. The summed E-state index contributed by atoms with van der Waals surface area (Å²) in [6, 6.07) is 3.04. The highest BCUT2D eigenvalue weighted by molar-refractivity contribution is 6.30. The number of halogens is 2. The average Bonchev–Trinajstić information content (AvgIpc) is 2.74. The number of carboxylic acid groups (broad SMARTS) is 1. The second-order valence-corrected chi connectivity index (χ2v) is 4.91. The number of anilines is 1. The van der Waals surface area contributed by atoms with Gasteiger partial charge in [0.25, 0.3) is 0 Å². The Balaban J connectivity index is 2.06. The number of nitrogens with zero attached hydrogens (tertiary/aromatic N) is 1. The van der Waals surface area contributed by atoms with Crippen LogP contribution in [0.1, 0.15) is 12.8 Å². The molecule has 102 valence electrons. The van der Waals surface area contributed by atoms with E-state index in [4.69, 9.17) is 16.7 Å². The topological polar surface area (TPSA) is 79.3 Å². The average molecular weight is 287 g/mol. The molecule has 19 heavy (non-hydrogen) atoms. The third-order valence-corrected chi connectivity index (χ3v) is 3.36. The molecule has 0 spiro atoms. The predicted octanol–water partition coefficient (Wildman–Crippen LogP) is 2.12. The summed E-state index contributed by atoms with van der Waals surface area (Å²) >= 11 is 5.66. The molecule has 1 aromatic rings. The largest absolute Gasteiger partial charge is 0.481 e. The van der Waals surface area contributed by atoms with Gasteiger partial charge in [-0.1, -0.05) is 11.6 Å². The van der Waals surface area contributed by atoms with Crippen LogP contribution in [-0.4, -0.2) is 28.1 Å². The fourth-order valence-corrected chi connectivity index (χ4v) is 2.32. The smallest absolute Gasteiger partial charge is 0.307 e. The van der Waals surface area contributed by atoms with Crippen molar-refractivity contribution in [3.8, 4) is 0 Å². The van der Waals surface area contributed by atoms with Gasteiger partial charge >= 0.3 is 5.97 Å². The van der Waals surface area contributed by atoms with Gasteiger partial charge in [-0.05, 0) is 25.0 Å². The van der Waals surface area contributed by atoms with Gasteiger partial charge in [0.05, 0.1) is 16.9 Å². The van der Waals surface area contributed by atoms with Crippen molar-refractivity contribution in [1.29, 1.82) is 0 Å². The van der Waals surface area contributed by atoms with E-state index in [9.17, 15) is 14.0 Å². The van der Waals surface area contributed by atoms with Crippen molar-refractivity contribution in [2.75, 3.05) is 5.32 Å². The SMILES string of the molecule is O=C(O)[C@H]1C[C@H](F)C[C@@H]1C(=O)Nc1ccc(Cl)cn1. The van der Waals surface area contributed by atoms with Gasteiger partial charge in [-0.25, -0.2) is 9.37 Å². The van der Waals surface area contributed by atoms with E-state index in [1.54, 1.807) is 6.07 Å². The third-order valence-electron chi connectivity index (χ3n) is 3.14. The zero-order valence-corrected chi connectivity index (χ0v) is 10.6. The number of hydrogen-bond donors (Lipinski definition) is 2. The van der Waals surface area contributed by atoms with Gasteiger partial charge in [0.15, 0.2) is 0 Å². The van der Waals surface area contributed by atoms with Gasteiger partial charge in [0.1, 0.15) is 12.0 Å². The molecule has 0 radical (unpaired) electrons. The summed E-state index contributed by atoms with van der Waals surface area (Å²) in [4.78, 5) is 26.8. The molecule has 2 rings (SSSR count). The lowest BCUT2D eigenvalue weighted by atomic mass is 9.95. The lowest BCUT2D eigenvalue weighted by Gasteiger charge is -2.14. The molecule has 3 atom stereocenters. The van der Waals surface area contributed by atoms with E-state index in [1.165, 1.54) is 12.3 Å². The lowest BCUT2D eigenvalue weighted by molar-refractivity contribution is -0.145. The van der Waals surface area contributed by atoms with Crippen LogP contribution in [0, 0.1) is 11.8 Å². The molecule has 0 aliphatic heterocycles. The molecule has 0 bridgehead atoms. The van der Waals surface area contributed by atoms with Crippen molar-refractivity contribution in [3.05, 3.63) is 23.4 Å². The summed E-state index contributed by atoms with van der Waals surface area (Å²) in [7, 11) is 0. The van der Waals surface area contributed by atoms with Crippen molar-refractivity contribution in [3.63, 3.8) is 0 Å². The maximum atomic E-state index is 13.3. The number of nitrogens with one attached hydrogen (secondary N) is 1. The van der Waals surface area contributed by atoms with E-state index < -0.39 is 29.9 Å².